The molecule has 1 N–H and O–H groups in total. The minimum Gasteiger partial charge on any atom is -0.569 e. The zero-order chi connectivity index (χ0) is 5.41. The summed E-state index contributed by atoms with van der Waals surface area (Å²) < 4.78 is 0. The summed E-state index contributed by atoms with van der Waals surface area (Å²) in [5.41, 5.74) is 0. The monoisotopic (exact) mass is 176 g/mol. The van der Waals surface area contributed by atoms with Gasteiger partial charge in [-0.3, -0.25) is 0 Å². The summed E-state index contributed by atoms with van der Waals surface area (Å²) >= 11 is 2.88. The zero-order valence-corrected chi connectivity index (χ0v) is 7.81. The molecule has 0 aromatic carbocycles. The van der Waals surface area contributed by atoms with Crippen molar-refractivity contribution in [1.29, 1.82) is 0 Å². The van der Waals surface area contributed by atoms with Crippen molar-refractivity contribution in [2.75, 3.05) is 5.33 Å². The van der Waals surface area contributed by atoms with Gasteiger partial charge in [0.05, 0.1) is 5.33 Å². The molecular weight excluding hydrogens is 171 g/mol. The molecule has 0 rings (SSSR count). The largest absolute Gasteiger partial charge is 1.00 e. The number of hydrogen-bond acceptors (Lipinski definition) is 2. The minimum atomic E-state index is 0. The third-order valence-corrected chi connectivity index (χ3v) is 0.327. The van der Waals surface area contributed by atoms with Gasteiger partial charge in [0, 0.05) is 0 Å². The van der Waals surface area contributed by atoms with E-state index in [0.717, 1.165) is 6.29 Å². The second-order valence-electron chi connectivity index (χ2n) is 0.321. The molecule has 0 aliphatic heterocycles. The van der Waals surface area contributed by atoms with E-state index < -0.39 is 0 Å². The Morgan fingerprint density at radius 1 is 1.71 bits per heavy atom. The summed E-state index contributed by atoms with van der Waals surface area (Å²) in [6.07, 6.45) is 0.792. The van der Waals surface area contributed by atoms with Gasteiger partial charge in [-0.25, -0.2) is 7.11 Å². The summed E-state index contributed by atoms with van der Waals surface area (Å²) in [4.78, 5) is 9.13. The van der Waals surface area contributed by atoms with Crippen LogP contribution in [0.2, 0.25) is 0 Å². The van der Waals surface area contributed by atoms with Gasteiger partial charge in [0.25, 0.3) is 0 Å². The van der Waals surface area contributed by atoms with Crippen molar-refractivity contribution in [3.63, 3.8) is 0 Å². The van der Waals surface area contributed by atoms with Crippen LogP contribution in [0.25, 0.3) is 0 Å². The summed E-state index contributed by atoms with van der Waals surface area (Å²) in [6, 6.07) is 0. The molecule has 0 atom stereocenters. The number of aldehydes is 1. The minimum absolute atomic E-state index is 0. The Labute approximate surface area is 73.7 Å². The van der Waals surface area contributed by atoms with Crippen molar-refractivity contribution >= 4 is 22.2 Å². The Bertz CT molecular complexity index is 26.9. The predicted octanol–water partition coefficient (Wildman–Crippen LogP) is -2.27. The van der Waals surface area contributed by atoms with Crippen molar-refractivity contribution in [3.8, 4) is 0 Å². The number of aliphatic hydroxyl groups excluding tert-OH is 1. The molecule has 0 aliphatic carbocycles. The molecule has 0 aromatic heterocycles. The topological polar surface area (TPSA) is 37.3 Å². The maximum absolute atomic E-state index is 9.13. The van der Waals surface area contributed by atoms with Crippen LogP contribution in [0.15, 0.2) is 0 Å². The Morgan fingerprint density at radius 2 is 1.86 bits per heavy atom. The molecule has 7 heavy (non-hydrogen) atoms. The maximum Gasteiger partial charge on any atom is 1.00 e. The third kappa shape index (κ3) is 41.7. The van der Waals surface area contributed by atoms with Crippen LogP contribution in [0.4, 0.5) is 0 Å². The van der Waals surface area contributed by atoms with E-state index in [2.05, 4.69) is 23.0 Å². The number of alkyl halides is 1. The number of rotatable bonds is 1. The fraction of sp³-hybridized carbons (Fsp3) is 0.333. The molecule has 0 amide bonds. The molecule has 0 heterocycles. The average molecular weight is 177 g/mol. The molecule has 0 unspecified atom stereocenters. The Morgan fingerprint density at radius 3 is 1.86 bits per heavy atom. The van der Waals surface area contributed by atoms with Gasteiger partial charge in [-0.05, 0) is 0 Å². The molecule has 0 bridgehead atoms. The summed E-state index contributed by atoms with van der Waals surface area (Å²) in [7, 11) is 2.25. The first-order valence-corrected chi connectivity index (χ1v) is 2.35. The van der Waals surface area contributed by atoms with E-state index in [1.807, 2.05) is 0 Å². The fourth-order valence-corrected chi connectivity index (χ4v) is 0. The van der Waals surface area contributed by atoms with Gasteiger partial charge < -0.3 is 9.90 Å². The van der Waals surface area contributed by atoms with Crippen LogP contribution in [-0.4, -0.2) is 16.7 Å². The molecule has 0 spiro atoms. The molecule has 2 nitrogen and oxygen atoms in total. The second-order valence-corrected chi connectivity index (χ2v) is 0.968. The first-order valence-electron chi connectivity index (χ1n) is 1.23. The SMILES string of the molecule is O=CCBr.[CH2-]O.[Na+]. The van der Waals surface area contributed by atoms with Gasteiger partial charge in [-0.15, -0.1) is 0 Å². The number of carbonyl (C=O) groups is 1. The number of halogens is 1. The van der Waals surface area contributed by atoms with E-state index in [9.17, 15) is 0 Å². The first kappa shape index (κ1) is 15.7. The smallest absolute Gasteiger partial charge is 0.569 e. The van der Waals surface area contributed by atoms with Gasteiger partial charge in [-0.1, -0.05) is 15.9 Å². The van der Waals surface area contributed by atoms with Gasteiger partial charge >= 0.3 is 29.6 Å². The maximum atomic E-state index is 9.13. The Balaban J connectivity index is -0.0000000480. The fourth-order valence-electron chi connectivity index (χ4n) is 0. The molecule has 0 aromatic rings. The average Bonchev–Trinajstić information content (AvgIpc) is 1.72. The predicted molar refractivity (Wildman–Crippen MR) is 27.2 cm³/mol. The summed E-state index contributed by atoms with van der Waals surface area (Å²) in [6.45, 7) is 0. The zero-order valence-electron chi connectivity index (χ0n) is 4.22. The van der Waals surface area contributed by atoms with Crippen LogP contribution < -0.4 is 29.6 Å². The van der Waals surface area contributed by atoms with Gasteiger partial charge in [0.15, 0.2) is 0 Å². The number of aliphatic hydroxyl groups is 1. The van der Waals surface area contributed by atoms with Crippen LogP contribution in [0.1, 0.15) is 0 Å². The van der Waals surface area contributed by atoms with E-state index in [4.69, 9.17) is 9.90 Å². The van der Waals surface area contributed by atoms with E-state index in [-0.39, 0.29) is 29.6 Å². The van der Waals surface area contributed by atoms with Gasteiger partial charge in [-0.2, -0.15) is 0 Å². The molecule has 38 valence electrons. The second kappa shape index (κ2) is 27.4. The first-order chi connectivity index (χ1) is 2.91. The van der Waals surface area contributed by atoms with Gasteiger partial charge in [0.2, 0.25) is 0 Å². The van der Waals surface area contributed by atoms with Crippen LogP contribution in [0, 0.1) is 7.11 Å². The van der Waals surface area contributed by atoms with E-state index in [1.165, 1.54) is 0 Å². The standard InChI is InChI=1S/C2H3BrO.CH3O.Na/c3-1-2-4;1-2;/h2H,1H2;2H,1H2;/q;-1;+1. The van der Waals surface area contributed by atoms with Crippen LogP contribution >= 0.6 is 15.9 Å². The Kier molecular flexibility index (Phi) is 61.6. The molecule has 0 radical (unpaired) electrons. The summed E-state index contributed by atoms with van der Waals surface area (Å²) in [5, 5.41) is 7.20. The normalized spacial score (nSPS) is 4.43. The molecule has 0 aliphatic rings. The summed E-state index contributed by atoms with van der Waals surface area (Å²) in [5.74, 6) is 0. The molecule has 4 heteroatoms. The third-order valence-electron chi connectivity index (χ3n) is 0.0630. The Hall–Kier alpha value is 1.11. The van der Waals surface area contributed by atoms with E-state index in [0.29, 0.717) is 5.33 Å². The van der Waals surface area contributed by atoms with Crippen molar-refractivity contribution in [3.05, 3.63) is 7.11 Å². The van der Waals surface area contributed by atoms with Crippen LogP contribution in [0.3, 0.4) is 0 Å². The molecular formula is C3H6BrNaO2. The van der Waals surface area contributed by atoms with Gasteiger partial charge in [0.1, 0.15) is 6.29 Å². The van der Waals surface area contributed by atoms with Crippen LogP contribution in [-0.2, 0) is 4.79 Å². The number of hydrogen-bond donors (Lipinski definition) is 1. The van der Waals surface area contributed by atoms with Crippen molar-refractivity contribution < 1.29 is 39.5 Å². The molecule has 0 saturated heterocycles. The quantitative estimate of drug-likeness (QED) is 0.212. The van der Waals surface area contributed by atoms with Crippen molar-refractivity contribution in [2.24, 2.45) is 0 Å². The van der Waals surface area contributed by atoms with E-state index >= 15 is 0 Å². The van der Waals surface area contributed by atoms with Crippen molar-refractivity contribution in [1.82, 2.24) is 0 Å². The van der Waals surface area contributed by atoms with Crippen molar-refractivity contribution in [2.45, 2.75) is 0 Å². The van der Waals surface area contributed by atoms with E-state index in [1.54, 1.807) is 0 Å². The van der Waals surface area contributed by atoms with Crippen LogP contribution in [0.5, 0.6) is 0 Å². The molecule has 0 saturated carbocycles. The molecule has 0 fully saturated rings. The number of carbonyl (C=O) groups excluding carboxylic acids is 1.